The van der Waals surface area contributed by atoms with Gasteiger partial charge in [0, 0.05) is 13.1 Å². The Labute approximate surface area is 133 Å². The summed E-state index contributed by atoms with van der Waals surface area (Å²) in [6.07, 6.45) is 0. The number of halogens is 1. The predicted octanol–water partition coefficient (Wildman–Crippen LogP) is 3.91. The van der Waals surface area contributed by atoms with Crippen LogP contribution in [-0.2, 0) is 13.1 Å². The molecule has 2 aromatic carbocycles. The molecule has 0 fully saturated rings. The molecule has 0 bridgehead atoms. The van der Waals surface area contributed by atoms with E-state index in [0.29, 0.717) is 0 Å². The first-order valence-corrected chi connectivity index (χ1v) is 7.51. The first kappa shape index (κ1) is 14.3. The SMILES string of the molecule is S=C(NI)N(Cc1ccccc1)Cc1ccccc1. The van der Waals surface area contributed by atoms with Gasteiger partial charge < -0.3 is 8.43 Å². The second-order valence-electron chi connectivity index (χ2n) is 4.23. The summed E-state index contributed by atoms with van der Waals surface area (Å²) in [6.45, 7) is 1.62. The van der Waals surface area contributed by atoms with Crippen LogP contribution in [0.5, 0.6) is 0 Å². The van der Waals surface area contributed by atoms with E-state index in [1.165, 1.54) is 11.1 Å². The van der Waals surface area contributed by atoms with Gasteiger partial charge in [0.05, 0.1) is 22.9 Å². The lowest BCUT2D eigenvalue weighted by Gasteiger charge is -2.24. The molecule has 19 heavy (non-hydrogen) atoms. The van der Waals surface area contributed by atoms with Crippen LogP contribution in [0.15, 0.2) is 60.7 Å². The highest BCUT2D eigenvalue weighted by molar-refractivity contribution is 14.1. The lowest BCUT2D eigenvalue weighted by molar-refractivity contribution is 0.408. The maximum absolute atomic E-state index is 5.38. The van der Waals surface area contributed by atoms with Crippen LogP contribution in [0.2, 0.25) is 0 Å². The van der Waals surface area contributed by atoms with Crippen molar-refractivity contribution in [1.82, 2.24) is 8.43 Å². The van der Waals surface area contributed by atoms with Crippen LogP contribution in [0.25, 0.3) is 0 Å². The molecule has 0 saturated carbocycles. The van der Waals surface area contributed by atoms with Crippen LogP contribution < -0.4 is 3.53 Å². The lowest BCUT2D eigenvalue weighted by atomic mass is 10.2. The zero-order valence-corrected chi connectivity index (χ0v) is 13.4. The van der Waals surface area contributed by atoms with E-state index in [2.05, 4.69) is 79.8 Å². The van der Waals surface area contributed by atoms with Gasteiger partial charge in [-0.3, -0.25) is 0 Å². The molecule has 2 rings (SSSR count). The van der Waals surface area contributed by atoms with E-state index in [9.17, 15) is 0 Å². The molecule has 98 valence electrons. The van der Waals surface area contributed by atoms with Gasteiger partial charge in [-0.1, -0.05) is 60.7 Å². The molecule has 0 aliphatic carbocycles. The molecule has 1 N–H and O–H groups in total. The summed E-state index contributed by atoms with van der Waals surface area (Å²) in [5, 5.41) is 0.758. The highest BCUT2D eigenvalue weighted by atomic mass is 127. The van der Waals surface area contributed by atoms with Gasteiger partial charge >= 0.3 is 0 Å². The number of nitrogens with one attached hydrogen (secondary N) is 1. The summed E-state index contributed by atoms with van der Waals surface area (Å²) < 4.78 is 3.03. The Morgan fingerprint density at radius 1 is 0.895 bits per heavy atom. The van der Waals surface area contributed by atoms with Crippen LogP contribution in [0, 0.1) is 0 Å². The maximum atomic E-state index is 5.38. The van der Waals surface area contributed by atoms with Crippen LogP contribution >= 0.6 is 35.1 Å². The van der Waals surface area contributed by atoms with Crippen molar-refractivity contribution >= 4 is 40.2 Å². The molecule has 0 heterocycles. The third-order valence-electron chi connectivity index (χ3n) is 2.80. The van der Waals surface area contributed by atoms with Crippen molar-refractivity contribution in [3.63, 3.8) is 0 Å². The van der Waals surface area contributed by atoms with Crippen LogP contribution in [0.1, 0.15) is 11.1 Å². The van der Waals surface area contributed by atoms with E-state index < -0.39 is 0 Å². The minimum Gasteiger partial charge on any atom is -0.340 e. The highest BCUT2D eigenvalue weighted by Gasteiger charge is 2.09. The molecule has 0 radical (unpaired) electrons. The minimum absolute atomic E-state index is 0.758. The molecule has 0 spiro atoms. The molecule has 0 aliphatic rings. The van der Waals surface area contributed by atoms with E-state index in [4.69, 9.17) is 12.2 Å². The molecule has 0 saturated heterocycles. The first-order valence-electron chi connectivity index (χ1n) is 6.03. The van der Waals surface area contributed by atoms with E-state index in [-0.39, 0.29) is 0 Å². The molecule has 0 amide bonds. The molecule has 2 nitrogen and oxygen atoms in total. The number of benzene rings is 2. The van der Waals surface area contributed by atoms with Crippen LogP contribution in [-0.4, -0.2) is 10.0 Å². The molecule has 0 unspecified atom stereocenters. The van der Waals surface area contributed by atoms with Crippen molar-refractivity contribution in [2.24, 2.45) is 0 Å². The standard InChI is InChI=1S/C15H15IN2S/c16-17-15(19)18(11-13-7-3-1-4-8-13)12-14-9-5-2-6-10-14/h1-10H,11-12H2,(H,17,19). The first-order chi connectivity index (χ1) is 9.29. The lowest BCUT2D eigenvalue weighted by Crippen LogP contribution is -2.34. The van der Waals surface area contributed by atoms with E-state index >= 15 is 0 Å². The third-order valence-corrected chi connectivity index (χ3v) is 4.04. The molecular formula is C15H15IN2S. The number of thiocarbonyl (C=S) groups is 1. The molecule has 0 aromatic heterocycles. The van der Waals surface area contributed by atoms with Crippen molar-refractivity contribution in [2.75, 3.05) is 0 Å². The van der Waals surface area contributed by atoms with Crippen molar-refractivity contribution < 1.29 is 0 Å². The fourth-order valence-corrected chi connectivity index (χ4v) is 2.34. The second kappa shape index (κ2) is 7.45. The fourth-order valence-electron chi connectivity index (χ4n) is 1.87. The Bertz CT molecular complexity index is 475. The summed E-state index contributed by atoms with van der Waals surface area (Å²) in [5.41, 5.74) is 2.51. The van der Waals surface area contributed by atoms with E-state index in [0.717, 1.165) is 18.2 Å². The smallest absolute Gasteiger partial charge is 0.178 e. The van der Waals surface area contributed by atoms with Gasteiger partial charge in [0.1, 0.15) is 0 Å². The zero-order valence-electron chi connectivity index (χ0n) is 10.4. The molecule has 4 heteroatoms. The zero-order chi connectivity index (χ0) is 13.5. The molecular weight excluding hydrogens is 367 g/mol. The largest absolute Gasteiger partial charge is 0.340 e. The average Bonchev–Trinajstić information content (AvgIpc) is 2.48. The number of nitrogens with zero attached hydrogens (tertiary/aromatic N) is 1. The van der Waals surface area contributed by atoms with Gasteiger partial charge in [-0.2, -0.15) is 0 Å². The van der Waals surface area contributed by atoms with Crippen molar-refractivity contribution in [1.29, 1.82) is 0 Å². The van der Waals surface area contributed by atoms with Crippen LogP contribution in [0.3, 0.4) is 0 Å². The Hall–Kier alpha value is -1.14. The predicted molar refractivity (Wildman–Crippen MR) is 91.9 cm³/mol. The summed E-state index contributed by atoms with van der Waals surface area (Å²) in [4.78, 5) is 2.16. The normalized spacial score (nSPS) is 9.95. The van der Waals surface area contributed by atoms with Crippen molar-refractivity contribution in [3.8, 4) is 0 Å². The number of hydrogen-bond acceptors (Lipinski definition) is 1. The van der Waals surface area contributed by atoms with Gasteiger partial charge in [0.25, 0.3) is 0 Å². The Kier molecular flexibility index (Phi) is 5.60. The number of rotatable bonds is 4. The molecule has 0 aliphatic heterocycles. The fraction of sp³-hybridized carbons (Fsp3) is 0.133. The Balaban J connectivity index is 2.10. The Morgan fingerprint density at radius 3 is 1.68 bits per heavy atom. The minimum atomic E-state index is 0.758. The van der Waals surface area contributed by atoms with Gasteiger partial charge in [0.15, 0.2) is 5.11 Å². The quantitative estimate of drug-likeness (QED) is 0.490. The summed E-state index contributed by atoms with van der Waals surface area (Å²) >= 11 is 7.46. The van der Waals surface area contributed by atoms with E-state index in [1.807, 2.05) is 12.1 Å². The van der Waals surface area contributed by atoms with Crippen molar-refractivity contribution in [2.45, 2.75) is 13.1 Å². The van der Waals surface area contributed by atoms with Gasteiger partial charge in [0.2, 0.25) is 0 Å². The highest BCUT2D eigenvalue weighted by Crippen LogP contribution is 2.10. The molecule has 2 aromatic rings. The second-order valence-corrected chi connectivity index (χ2v) is 5.15. The van der Waals surface area contributed by atoms with Gasteiger partial charge in [-0.05, 0) is 23.3 Å². The molecule has 0 atom stereocenters. The summed E-state index contributed by atoms with van der Waals surface area (Å²) in [6, 6.07) is 20.7. The summed E-state index contributed by atoms with van der Waals surface area (Å²) in [5.74, 6) is 0. The van der Waals surface area contributed by atoms with E-state index in [1.54, 1.807) is 0 Å². The number of hydrogen-bond donors (Lipinski definition) is 1. The summed E-state index contributed by atoms with van der Waals surface area (Å²) in [7, 11) is 0. The average molecular weight is 382 g/mol. The van der Waals surface area contributed by atoms with Crippen molar-refractivity contribution in [3.05, 3.63) is 71.8 Å². The monoisotopic (exact) mass is 382 g/mol. The van der Waals surface area contributed by atoms with Crippen LogP contribution in [0.4, 0.5) is 0 Å². The van der Waals surface area contributed by atoms with Gasteiger partial charge in [-0.15, -0.1) is 0 Å². The topological polar surface area (TPSA) is 15.3 Å². The third kappa shape index (κ3) is 4.47. The maximum Gasteiger partial charge on any atom is 0.178 e. The Morgan fingerprint density at radius 2 is 1.32 bits per heavy atom. The van der Waals surface area contributed by atoms with Gasteiger partial charge in [-0.25, -0.2) is 0 Å².